The fraction of sp³-hybridized carbons (Fsp3) is 0.647. The first kappa shape index (κ1) is 16.7. The minimum atomic E-state index is -0.00793. The Kier molecular flexibility index (Phi) is 5.27. The summed E-state index contributed by atoms with van der Waals surface area (Å²) in [6, 6.07) is 1.80. The Morgan fingerprint density at radius 2 is 1.71 bits per heavy atom. The molecule has 7 nitrogen and oxygen atoms in total. The fourth-order valence-electron chi connectivity index (χ4n) is 3.53. The molecule has 3 rings (SSSR count). The summed E-state index contributed by atoms with van der Waals surface area (Å²) in [4.78, 5) is 38.9. The van der Waals surface area contributed by atoms with Gasteiger partial charge in [-0.3, -0.25) is 9.59 Å². The Morgan fingerprint density at radius 3 is 2.46 bits per heavy atom. The van der Waals surface area contributed by atoms with Crippen molar-refractivity contribution >= 4 is 17.8 Å². The topological polar surface area (TPSA) is 69.6 Å². The van der Waals surface area contributed by atoms with Crippen molar-refractivity contribution in [1.29, 1.82) is 0 Å². The maximum absolute atomic E-state index is 12.9. The summed E-state index contributed by atoms with van der Waals surface area (Å²) in [5, 5.41) is 0. The second-order valence-corrected chi connectivity index (χ2v) is 6.52. The van der Waals surface area contributed by atoms with E-state index in [0.717, 1.165) is 38.9 Å². The molecule has 130 valence electrons. The van der Waals surface area contributed by atoms with Crippen molar-refractivity contribution in [3.8, 4) is 0 Å². The molecule has 0 bridgehead atoms. The van der Waals surface area contributed by atoms with Crippen LogP contribution >= 0.6 is 0 Å². The molecule has 2 amide bonds. The Labute approximate surface area is 142 Å². The van der Waals surface area contributed by atoms with Crippen molar-refractivity contribution < 1.29 is 9.59 Å². The molecule has 3 heterocycles. The number of nitrogens with zero attached hydrogens (tertiary/aromatic N) is 5. The molecule has 0 aliphatic carbocycles. The molecule has 0 N–H and O–H groups in total. The zero-order valence-corrected chi connectivity index (χ0v) is 14.2. The largest absolute Gasteiger partial charge is 0.341 e. The molecule has 2 fully saturated rings. The van der Waals surface area contributed by atoms with Gasteiger partial charge in [-0.15, -0.1) is 0 Å². The summed E-state index contributed by atoms with van der Waals surface area (Å²) in [6.07, 6.45) is 6.21. The third-order valence-electron chi connectivity index (χ3n) is 4.86. The first-order valence-corrected chi connectivity index (χ1v) is 8.71. The maximum Gasteiger partial charge on any atom is 0.227 e. The third kappa shape index (κ3) is 3.83. The SMILES string of the molecule is CC(=O)N1CCCN(C(=O)C2CCCN(c3ncccn3)C2)CC1. The lowest BCUT2D eigenvalue weighted by atomic mass is 9.96. The summed E-state index contributed by atoms with van der Waals surface area (Å²) in [7, 11) is 0. The number of anilines is 1. The normalized spacial score (nSPS) is 22.2. The molecule has 2 aliphatic heterocycles. The van der Waals surface area contributed by atoms with Crippen LogP contribution in [0.4, 0.5) is 5.95 Å². The fourth-order valence-corrected chi connectivity index (χ4v) is 3.53. The van der Waals surface area contributed by atoms with Crippen LogP contribution in [0, 0.1) is 5.92 Å². The average Bonchev–Trinajstić information content (AvgIpc) is 2.88. The van der Waals surface area contributed by atoms with Gasteiger partial charge in [0.15, 0.2) is 0 Å². The highest BCUT2D eigenvalue weighted by Crippen LogP contribution is 2.22. The summed E-state index contributed by atoms with van der Waals surface area (Å²) in [6.45, 7) is 5.92. The van der Waals surface area contributed by atoms with Gasteiger partial charge in [0.25, 0.3) is 0 Å². The standard InChI is InChI=1S/C17H25N5O2/c1-14(23)20-9-4-10-21(12-11-20)16(24)15-5-2-8-22(13-15)17-18-6-3-7-19-17/h3,6-7,15H,2,4-5,8-13H2,1H3. The molecular weight excluding hydrogens is 306 g/mol. The van der Waals surface area contributed by atoms with E-state index in [1.54, 1.807) is 25.4 Å². The van der Waals surface area contributed by atoms with Crippen LogP contribution in [0.1, 0.15) is 26.2 Å². The summed E-state index contributed by atoms with van der Waals surface area (Å²) in [5.74, 6) is 0.996. The lowest BCUT2D eigenvalue weighted by molar-refractivity contribution is -0.136. The Balaban J connectivity index is 1.61. The average molecular weight is 331 g/mol. The molecule has 24 heavy (non-hydrogen) atoms. The quantitative estimate of drug-likeness (QED) is 0.801. The smallest absolute Gasteiger partial charge is 0.227 e. The zero-order chi connectivity index (χ0) is 16.9. The van der Waals surface area contributed by atoms with Gasteiger partial charge >= 0.3 is 0 Å². The Morgan fingerprint density at radius 1 is 1.00 bits per heavy atom. The lowest BCUT2D eigenvalue weighted by Gasteiger charge is -2.34. The van der Waals surface area contributed by atoms with E-state index in [2.05, 4.69) is 14.9 Å². The van der Waals surface area contributed by atoms with Crippen molar-refractivity contribution in [2.24, 2.45) is 5.92 Å². The van der Waals surface area contributed by atoms with Crippen LogP contribution in [0.2, 0.25) is 0 Å². The van der Waals surface area contributed by atoms with E-state index in [1.165, 1.54) is 0 Å². The predicted octanol–water partition coefficient (Wildman–Crippen LogP) is 0.774. The minimum absolute atomic E-state index is 0.00793. The van der Waals surface area contributed by atoms with E-state index in [1.807, 2.05) is 9.80 Å². The molecule has 1 atom stereocenters. The van der Waals surface area contributed by atoms with Crippen molar-refractivity contribution in [3.63, 3.8) is 0 Å². The minimum Gasteiger partial charge on any atom is -0.341 e. The summed E-state index contributed by atoms with van der Waals surface area (Å²) < 4.78 is 0. The van der Waals surface area contributed by atoms with Crippen molar-refractivity contribution in [3.05, 3.63) is 18.5 Å². The second-order valence-electron chi connectivity index (χ2n) is 6.52. The van der Waals surface area contributed by atoms with Gasteiger partial charge < -0.3 is 14.7 Å². The Hall–Kier alpha value is -2.18. The maximum atomic E-state index is 12.9. The number of hydrogen-bond donors (Lipinski definition) is 0. The number of piperidine rings is 1. The van der Waals surface area contributed by atoms with Crippen LogP contribution in [-0.2, 0) is 9.59 Å². The molecule has 1 aromatic rings. The number of carbonyl (C=O) groups excluding carboxylic acids is 2. The van der Waals surface area contributed by atoms with E-state index < -0.39 is 0 Å². The van der Waals surface area contributed by atoms with Gasteiger partial charge in [-0.25, -0.2) is 9.97 Å². The molecule has 0 radical (unpaired) electrons. The van der Waals surface area contributed by atoms with Crippen LogP contribution in [0.25, 0.3) is 0 Å². The predicted molar refractivity (Wildman–Crippen MR) is 90.4 cm³/mol. The van der Waals surface area contributed by atoms with Crippen LogP contribution in [0.15, 0.2) is 18.5 Å². The monoisotopic (exact) mass is 331 g/mol. The van der Waals surface area contributed by atoms with Gasteiger partial charge in [0.05, 0.1) is 5.92 Å². The van der Waals surface area contributed by atoms with Crippen LogP contribution in [0.3, 0.4) is 0 Å². The van der Waals surface area contributed by atoms with E-state index in [4.69, 9.17) is 0 Å². The molecule has 1 aromatic heterocycles. The zero-order valence-electron chi connectivity index (χ0n) is 14.2. The van der Waals surface area contributed by atoms with Crippen LogP contribution < -0.4 is 4.90 Å². The van der Waals surface area contributed by atoms with Crippen molar-refractivity contribution in [2.45, 2.75) is 26.2 Å². The highest BCUT2D eigenvalue weighted by molar-refractivity contribution is 5.80. The van der Waals surface area contributed by atoms with Gasteiger partial charge in [-0.05, 0) is 25.3 Å². The molecule has 0 spiro atoms. The Bertz CT molecular complexity index is 580. The molecule has 0 aromatic carbocycles. The number of rotatable bonds is 2. The number of aromatic nitrogens is 2. The molecular formula is C17H25N5O2. The molecule has 1 unspecified atom stereocenters. The number of amides is 2. The first-order chi connectivity index (χ1) is 11.6. The van der Waals surface area contributed by atoms with Gasteiger partial charge in [-0.1, -0.05) is 0 Å². The van der Waals surface area contributed by atoms with E-state index in [9.17, 15) is 9.59 Å². The van der Waals surface area contributed by atoms with Crippen molar-refractivity contribution in [2.75, 3.05) is 44.2 Å². The van der Waals surface area contributed by atoms with Gasteiger partial charge in [0, 0.05) is 58.6 Å². The van der Waals surface area contributed by atoms with Crippen LogP contribution in [0.5, 0.6) is 0 Å². The van der Waals surface area contributed by atoms with Gasteiger partial charge in [-0.2, -0.15) is 0 Å². The summed E-state index contributed by atoms with van der Waals surface area (Å²) in [5.41, 5.74) is 0. The molecule has 2 aliphatic rings. The van der Waals surface area contributed by atoms with Gasteiger partial charge in [0.1, 0.15) is 0 Å². The number of carbonyl (C=O) groups is 2. The highest BCUT2D eigenvalue weighted by Gasteiger charge is 2.31. The summed E-state index contributed by atoms with van der Waals surface area (Å²) >= 11 is 0. The third-order valence-corrected chi connectivity index (χ3v) is 4.86. The molecule has 7 heteroatoms. The second kappa shape index (κ2) is 7.59. The molecule has 0 saturated carbocycles. The highest BCUT2D eigenvalue weighted by atomic mass is 16.2. The molecule has 2 saturated heterocycles. The lowest BCUT2D eigenvalue weighted by Crippen LogP contribution is -2.46. The van der Waals surface area contributed by atoms with Crippen molar-refractivity contribution in [1.82, 2.24) is 19.8 Å². The van der Waals surface area contributed by atoms with E-state index in [-0.39, 0.29) is 17.7 Å². The number of hydrogen-bond acceptors (Lipinski definition) is 5. The van der Waals surface area contributed by atoms with E-state index in [0.29, 0.717) is 25.6 Å². The first-order valence-electron chi connectivity index (χ1n) is 8.71. The van der Waals surface area contributed by atoms with E-state index >= 15 is 0 Å². The van der Waals surface area contributed by atoms with Crippen LogP contribution in [-0.4, -0.2) is 70.9 Å². The van der Waals surface area contributed by atoms with Gasteiger partial charge in [0.2, 0.25) is 17.8 Å².